The van der Waals surface area contributed by atoms with Crippen LogP contribution in [0.25, 0.3) is 22.2 Å². The number of nitrogens with zero attached hydrogens (tertiary/aromatic N) is 5. The van der Waals surface area contributed by atoms with Crippen LogP contribution in [0.5, 0.6) is 0 Å². The van der Waals surface area contributed by atoms with Gasteiger partial charge in [0.15, 0.2) is 5.03 Å². The fraction of sp³-hybridized carbons (Fsp3) is 0.273. The molecular formula is C22H23FN6O2S. The average Bonchev–Trinajstić information content (AvgIpc) is 3.50. The maximum absolute atomic E-state index is 15.0. The van der Waals surface area contributed by atoms with Gasteiger partial charge < -0.3 is 9.47 Å². The third-order valence-corrected chi connectivity index (χ3v) is 7.03. The van der Waals surface area contributed by atoms with Gasteiger partial charge in [-0.15, -0.1) is 0 Å². The van der Waals surface area contributed by atoms with E-state index in [0.29, 0.717) is 27.8 Å². The molecule has 8 nitrogen and oxygen atoms in total. The second kappa shape index (κ2) is 7.63. The lowest BCUT2D eigenvalue weighted by atomic mass is 10.0. The van der Waals surface area contributed by atoms with Gasteiger partial charge in [-0.25, -0.2) is 9.37 Å². The molecule has 0 saturated carbocycles. The lowest BCUT2D eigenvalue weighted by Gasteiger charge is -2.19. The normalized spacial score (nSPS) is 14.4. The van der Waals surface area contributed by atoms with Gasteiger partial charge in [0.2, 0.25) is 0 Å². The van der Waals surface area contributed by atoms with Crippen molar-refractivity contribution in [2.24, 2.45) is 14.1 Å². The van der Waals surface area contributed by atoms with Crippen molar-refractivity contribution in [1.82, 2.24) is 19.3 Å². The smallest absolute Gasteiger partial charge is 0.281 e. The fourth-order valence-corrected chi connectivity index (χ4v) is 5.26. The Bertz CT molecular complexity index is 1420. The van der Waals surface area contributed by atoms with Gasteiger partial charge in [-0.3, -0.25) is 9.40 Å². The van der Waals surface area contributed by atoms with Gasteiger partial charge in [-0.2, -0.15) is 13.5 Å². The number of aromatic nitrogens is 4. The van der Waals surface area contributed by atoms with Crippen molar-refractivity contribution in [2.75, 3.05) is 22.7 Å². The van der Waals surface area contributed by atoms with E-state index in [4.69, 9.17) is 0 Å². The Morgan fingerprint density at radius 2 is 1.84 bits per heavy atom. The summed E-state index contributed by atoms with van der Waals surface area (Å²) in [6.07, 6.45) is 7.10. The van der Waals surface area contributed by atoms with Crippen LogP contribution < -0.4 is 9.62 Å². The first-order chi connectivity index (χ1) is 15.3. The van der Waals surface area contributed by atoms with Crippen LogP contribution in [0.1, 0.15) is 12.8 Å². The van der Waals surface area contributed by atoms with Gasteiger partial charge in [0, 0.05) is 62.6 Å². The standard InChI is InChI=1S/C22H23FN6O2S/c1-27-14-17(16-13-15(5-6-18(16)23)29-10-3-4-11-29)21-19(7-9-24-22(21)27)26-32(30,31)20-8-12-28(2)25-20/h5-9,12-14H,3-4,10-11H2,1-2H3,(H,24,26). The number of pyridine rings is 1. The number of benzene rings is 1. The summed E-state index contributed by atoms with van der Waals surface area (Å²) in [5.41, 5.74) is 2.81. The predicted molar refractivity (Wildman–Crippen MR) is 122 cm³/mol. The molecule has 1 saturated heterocycles. The average molecular weight is 455 g/mol. The molecule has 1 aromatic carbocycles. The van der Waals surface area contributed by atoms with Crippen LogP contribution in [0.3, 0.4) is 0 Å². The summed E-state index contributed by atoms with van der Waals surface area (Å²) in [6, 6.07) is 8.09. The van der Waals surface area contributed by atoms with E-state index in [-0.39, 0.29) is 10.8 Å². The van der Waals surface area contributed by atoms with Crippen molar-refractivity contribution in [2.45, 2.75) is 17.9 Å². The van der Waals surface area contributed by atoms with Gasteiger partial charge in [-0.05, 0) is 43.2 Å². The zero-order valence-corrected chi connectivity index (χ0v) is 18.6. The lowest BCUT2D eigenvalue weighted by Crippen LogP contribution is -2.17. The van der Waals surface area contributed by atoms with Gasteiger partial charge in [0.1, 0.15) is 11.5 Å². The van der Waals surface area contributed by atoms with Crippen LogP contribution in [0.4, 0.5) is 15.8 Å². The van der Waals surface area contributed by atoms with Crippen LogP contribution in [0.2, 0.25) is 0 Å². The number of fused-ring (bicyclic) bond motifs is 1. The molecule has 0 aliphatic carbocycles. The Balaban J connectivity index is 1.65. The molecule has 0 unspecified atom stereocenters. The third-order valence-electron chi connectivity index (χ3n) is 5.78. The van der Waals surface area contributed by atoms with Crippen LogP contribution in [-0.4, -0.2) is 40.8 Å². The van der Waals surface area contributed by atoms with E-state index >= 15 is 4.39 Å². The number of rotatable bonds is 5. The number of hydrogen-bond donors (Lipinski definition) is 1. The van der Waals surface area contributed by atoms with E-state index in [1.54, 1.807) is 43.2 Å². The first-order valence-electron chi connectivity index (χ1n) is 10.3. The molecule has 0 atom stereocenters. The van der Waals surface area contributed by atoms with Crippen LogP contribution >= 0.6 is 0 Å². The largest absolute Gasteiger partial charge is 0.372 e. The van der Waals surface area contributed by atoms with Crippen LogP contribution in [0, 0.1) is 5.82 Å². The molecule has 4 aromatic rings. The molecule has 0 bridgehead atoms. The fourth-order valence-electron chi connectivity index (χ4n) is 4.22. The zero-order chi connectivity index (χ0) is 22.5. The van der Waals surface area contributed by atoms with Crippen molar-refractivity contribution in [3.05, 3.63) is 54.7 Å². The molecule has 5 rings (SSSR count). The first kappa shape index (κ1) is 20.5. The maximum Gasteiger partial charge on any atom is 0.281 e. The maximum atomic E-state index is 15.0. The molecule has 1 aliphatic rings. The Labute approximate surface area is 185 Å². The summed E-state index contributed by atoms with van der Waals surface area (Å²) >= 11 is 0. The Kier molecular flexibility index (Phi) is 4.89. The Morgan fingerprint density at radius 3 is 2.56 bits per heavy atom. The minimum atomic E-state index is -3.93. The molecule has 166 valence electrons. The number of anilines is 2. The minimum Gasteiger partial charge on any atom is -0.372 e. The van der Waals surface area contributed by atoms with Crippen molar-refractivity contribution >= 4 is 32.4 Å². The summed E-state index contributed by atoms with van der Waals surface area (Å²) < 4.78 is 46.6. The Morgan fingerprint density at radius 1 is 1.06 bits per heavy atom. The molecule has 1 N–H and O–H groups in total. The van der Waals surface area contributed by atoms with Crippen molar-refractivity contribution in [3.63, 3.8) is 0 Å². The van der Waals surface area contributed by atoms with Gasteiger partial charge >= 0.3 is 0 Å². The second-order valence-electron chi connectivity index (χ2n) is 8.00. The monoisotopic (exact) mass is 454 g/mol. The molecule has 0 radical (unpaired) electrons. The molecule has 1 fully saturated rings. The number of sulfonamides is 1. The van der Waals surface area contributed by atoms with Crippen molar-refractivity contribution in [3.8, 4) is 11.1 Å². The second-order valence-corrected chi connectivity index (χ2v) is 9.63. The summed E-state index contributed by atoms with van der Waals surface area (Å²) in [7, 11) is -0.474. The van der Waals surface area contributed by atoms with E-state index in [2.05, 4.69) is 19.7 Å². The van der Waals surface area contributed by atoms with Crippen LogP contribution in [0.15, 0.2) is 53.9 Å². The molecule has 1 aliphatic heterocycles. The van der Waals surface area contributed by atoms with Crippen molar-refractivity contribution < 1.29 is 12.8 Å². The molecule has 32 heavy (non-hydrogen) atoms. The van der Waals surface area contributed by atoms with E-state index in [1.807, 2.05) is 6.07 Å². The SMILES string of the molecule is Cn1ccc(S(=O)(=O)Nc2ccnc3c2c(-c2cc(N4CCCC4)ccc2F)cn3C)n1. The minimum absolute atomic E-state index is 0.0929. The quantitative estimate of drug-likeness (QED) is 0.499. The highest BCUT2D eigenvalue weighted by atomic mass is 32.2. The molecule has 0 spiro atoms. The third kappa shape index (κ3) is 3.50. The van der Waals surface area contributed by atoms with Crippen molar-refractivity contribution in [1.29, 1.82) is 0 Å². The predicted octanol–water partition coefficient (Wildman–Crippen LogP) is 3.51. The number of nitrogens with one attached hydrogen (secondary N) is 1. The van der Waals surface area contributed by atoms with E-state index in [1.165, 1.54) is 23.0 Å². The zero-order valence-electron chi connectivity index (χ0n) is 17.8. The van der Waals surface area contributed by atoms with E-state index in [0.717, 1.165) is 31.6 Å². The van der Waals surface area contributed by atoms with Gasteiger partial charge in [0.25, 0.3) is 10.0 Å². The highest BCUT2D eigenvalue weighted by Gasteiger charge is 2.23. The van der Waals surface area contributed by atoms with Crippen LogP contribution in [-0.2, 0) is 24.1 Å². The lowest BCUT2D eigenvalue weighted by molar-refractivity contribution is 0.593. The highest BCUT2D eigenvalue weighted by molar-refractivity contribution is 7.92. The van der Waals surface area contributed by atoms with E-state index < -0.39 is 10.0 Å². The summed E-state index contributed by atoms with van der Waals surface area (Å²) in [5.74, 6) is -0.372. The molecule has 0 amide bonds. The molecule has 4 heterocycles. The van der Waals surface area contributed by atoms with E-state index in [9.17, 15) is 8.42 Å². The summed E-state index contributed by atoms with van der Waals surface area (Å²) in [4.78, 5) is 6.63. The van der Waals surface area contributed by atoms with Gasteiger partial charge in [0.05, 0.1) is 11.1 Å². The molecular weight excluding hydrogens is 431 g/mol. The summed E-state index contributed by atoms with van der Waals surface area (Å²) in [6.45, 7) is 1.88. The highest BCUT2D eigenvalue weighted by Crippen LogP contribution is 2.38. The molecule has 10 heteroatoms. The number of aryl methyl sites for hydroxylation is 2. The Hall–Kier alpha value is -3.40. The van der Waals surface area contributed by atoms with Gasteiger partial charge in [-0.1, -0.05) is 0 Å². The number of hydrogen-bond acceptors (Lipinski definition) is 5. The topological polar surface area (TPSA) is 85.0 Å². The summed E-state index contributed by atoms with van der Waals surface area (Å²) in [5, 5.41) is 4.44. The molecule has 3 aromatic heterocycles. The first-order valence-corrected chi connectivity index (χ1v) is 11.8. The number of halogens is 1.